The Morgan fingerprint density at radius 1 is 1.27 bits per heavy atom. The summed E-state index contributed by atoms with van der Waals surface area (Å²) in [4.78, 5) is 51.7. The van der Waals surface area contributed by atoms with Gasteiger partial charge < -0.3 is 20.1 Å². The van der Waals surface area contributed by atoms with Gasteiger partial charge >= 0.3 is 5.69 Å². The van der Waals surface area contributed by atoms with Crippen molar-refractivity contribution < 1.29 is 24.2 Å². The first-order valence-corrected chi connectivity index (χ1v) is 11.6. The Labute approximate surface area is 194 Å². The van der Waals surface area contributed by atoms with E-state index in [0.29, 0.717) is 38.5 Å². The third-order valence-electron chi connectivity index (χ3n) is 6.43. The van der Waals surface area contributed by atoms with Gasteiger partial charge in [-0.3, -0.25) is 19.0 Å². The summed E-state index contributed by atoms with van der Waals surface area (Å²) in [6.07, 6.45) is 3.52. The smallest absolute Gasteiger partial charge is 0.347 e. The molecule has 2 saturated heterocycles. The van der Waals surface area contributed by atoms with Crippen LogP contribution in [0, 0.1) is 25.7 Å². The minimum Gasteiger partial charge on any atom is -0.483 e. The number of hydrogen-bond acceptors (Lipinski definition) is 6. The minimum absolute atomic E-state index is 0.0422. The molecule has 0 saturated carbocycles. The topological polar surface area (TPSA) is 131 Å². The van der Waals surface area contributed by atoms with Gasteiger partial charge in [0.15, 0.2) is 0 Å². The lowest BCUT2D eigenvalue weighted by Crippen LogP contribution is -2.53. The van der Waals surface area contributed by atoms with Gasteiger partial charge in [0.25, 0.3) is 6.47 Å². The number of amides is 2. The van der Waals surface area contributed by atoms with Gasteiger partial charge in [-0.15, -0.1) is 0 Å². The molecule has 2 aliphatic heterocycles. The quantitative estimate of drug-likeness (QED) is 0.603. The Morgan fingerprint density at radius 2 is 1.94 bits per heavy atom. The van der Waals surface area contributed by atoms with Gasteiger partial charge in [0.1, 0.15) is 0 Å². The molecular formula is C23H36N4O6. The second-order valence-electron chi connectivity index (χ2n) is 8.63. The minimum atomic E-state index is -0.304. The van der Waals surface area contributed by atoms with Crippen molar-refractivity contribution in [1.29, 1.82) is 0 Å². The van der Waals surface area contributed by atoms with Crippen LogP contribution in [0.4, 0.5) is 0 Å². The van der Waals surface area contributed by atoms with Gasteiger partial charge in [-0.2, -0.15) is 4.98 Å². The fourth-order valence-electron chi connectivity index (χ4n) is 4.53. The van der Waals surface area contributed by atoms with Crippen LogP contribution in [-0.2, 0) is 25.7 Å². The molecule has 2 aliphatic rings. The largest absolute Gasteiger partial charge is 0.483 e. The summed E-state index contributed by atoms with van der Waals surface area (Å²) >= 11 is 0. The molecule has 2 fully saturated rings. The number of aromatic nitrogens is 2. The maximum Gasteiger partial charge on any atom is 0.347 e. The Morgan fingerprint density at radius 3 is 2.55 bits per heavy atom. The number of carbonyl (C=O) groups is 3. The van der Waals surface area contributed by atoms with E-state index in [1.54, 1.807) is 11.5 Å². The van der Waals surface area contributed by atoms with Gasteiger partial charge in [-0.25, -0.2) is 4.79 Å². The van der Waals surface area contributed by atoms with E-state index in [-0.39, 0.29) is 48.3 Å². The zero-order valence-corrected chi connectivity index (χ0v) is 19.8. The van der Waals surface area contributed by atoms with E-state index < -0.39 is 0 Å². The lowest BCUT2D eigenvalue weighted by molar-refractivity contribution is -0.134. The number of hydrogen-bond donors (Lipinski definition) is 2. The Bertz CT molecular complexity index is 865. The zero-order chi connectivity index (χ0) is 24.4. The van der Waals surface area contributed by atoms with Gasteiger partial charge in [0, 0.05) is 62.6 Å². The van der Waals surface area contributed by atoms with Crippen LogP contribution < -0.4 is 11.0 Å². The van der Waals surface area contributed by atoms with E-state index in [4.69, 9.17) is 14.6 Å². The standard InChI is InChI=1S/C22H34N4O4.CH2O2/c1-4-17-14-25(9-5-19(17)24-21(28)18-7-11-30-12-8-18)20(27)6-10-26-16(3)13-15(2)23-22(26)29;2-1-3/h13,17-19H,4-12,14H2,1-3H3,(H,24,28);1H,(H,2,3)/t17-,19+;/m1./s1. The van der Waals surface area contributed by atoms with E-state index in [0.717, 1.165) is 31.4 Å². The number of nitrogens with one attached hydrogen (secondary N) is 1. The average molecular weight is 465 g/mol. The summed E-state index contributed by atoms with van der Waals surface area (Å²) in [5.41, 5.74) is 1.21. The lowest BCUT2D eigenvalue weighted by atomic mass is 9.88. The maximum absolute atomic E-state index is 12.8. The Hall–Kier alpha value is -2.75. The van der Waals surface area contributed by atoms with Crippen molar-refractivity contribution >= 4 is 18.3 Å². The Kier molecular flexibility index (Phi) is 10.5. The molecule has 3 heterocycles. The summed E-state index contributed by atoms with van der Waals surface area (Å²) in [6.45, 7) is 8.44. The predicted octanol–water partition coefficient (Wildman–Crippen LogP) is 1.12. The number of nitrogens with zero attached hydrogens (tertiary/aromatic N) is 3. The summed E-state index contributed by atoms with van der Waals surface area (Å²) < 4.78 is 6.91. The first-order valence-electron chi connectivity index (χ1n) is 11.6. The highest BCUT2D eigenvalue weighted by molar-refractivity contribution is 5.79. The fourth-order valence-corrected chi connectivity index (χ4v) is 4.53. The second-order valence-corrected chi connectivity index (χ2v) is 8.63. The molecular weight excluding hydrogens is 428 g/mol. The van der Waals surface area contributed by atoms with Crippen molar-refractivity contribution in [3.05, 3.63) is 27.9 Å². The molecule has 2 amide bonds. The van der Waals surface area contributed by atoms with Crippen LogP contribution in [0.5, 0.6) is 0 Å². The SMILES string of the molecule is CC[C@@H]1CN(C(=O)CCn2c(C)cc(C)nc2=O)CC[C@@H]1NC(=O)C1CCOCC1.O=CO. The van der Waals surface area contributed by atoms with E-state index >= 15 is 0 Å². The number of ether oxygens (including phenoxy) is 1. The lowest BCUT2D eigenvalue weighted by Gasteiger charge is -2.39. The van der Waals surface area contributed by atoms with Crippen molar-refractivity contribution in [2.75, 3.05) is 26.3 Å². The maximum atomic E-state index is 12.8. The molecule has 3 rings (SSSR count). The first-order chi connectivity index (χ1) is 15.8. The van der Waals surface area contributed by atoms with Crippen molar-refractivity contribution in [2.24, 2.45) is 11.8 Å². The Balaban J connectivity index is 0.00000122. The van der Waals surface area contributed by atoms with Crippen molar-refractivity contribution in [3.63, 3.8) is 0 Å². The molecule has 2 N–H and O–H groups in total. The number of likely N-dealkylation sites (tertiary alicyclic amines) is 1. The van der Waals surface area contributed by atoms with Crippen LogP contribution in [0.2, 0.25) is 0 Å². The van der Waals surface area contributed by atoms with Crippen molar-refractivity contribution in [2.45, 2.75) is 65.5 Å². The van der Waals surface area contributed by atoms with Crippen LogP contribution in [0.3, 0.4) is 0 Å². The van der Waals surface area contributed by atoms with Crippen molar-refractivity contribution in [3.8, 4) is 0 Å². The van der Waals surface area contributed by atoms with Gasteiger partial charge in [0.05, 0.1) is 0 Å². The number of aryl methyl sites for hydroxylation is 2. The molecule has 0 unspecified atom stereocenters. The van der Waals surface area contributed by atoms with Crippen LogP contribution in [0.15, 0.2) is 10.9 Å². The van der Waals surface area contributed by atoms with E-state index in [1.165, 1.54) is 0 Å². The molecule has 0 radical (unpaired) electrons. The molecule has 1 aromatic rings. The van der Waals surface area contributed by atoms with E-state index in [2.05, 4.69) is 17.2 Å². The predicted molar refractivity (Wildman–Crippen MR) is 122 cm³/mol. The second kappa shape index (κ2) is 13.1. The molecule has 0 bridgehead atoms. The molecule has 0 aromatic carbocycles. The van der Waals surface area contributed by atoms with Crippen LogP contribution in [-0.4, -0.2) is 70.2 Å². The molecule has 10 heteroatoms. The molecule has 0 spiro atoms. The highest BCUT2D eigenvalue weighted by Crippen LogP contribution is 2.23. The van der Waals surface area contributed by atoms with Gasteiger partial charge in [-0.1, -0.05) is 6.92 Å². The highest BCUT2D eigenvalue weighted by atomic mass is 16.5. The molecule has 1 aromatic heterocycles. The van der Waals surface area contributed by atoms with Crippen molar-refractivity contribution in [1.82, 2.24) is 19.8 Å². The molecule has 2 atom stereocenters. The van der Waals surface area contributed by atoms with E-state index in [1.807, 2.05) is 17.9 Å². The van der Waals surface area contributed by atoms with E-state index in [9.17, 15) is 14.4 Å². The first kappa shape index (κ1) is 26.5. The zero-order valence-electron chi connectivity index (χ0n) is 19.8. The van der Waals surface area contributed by atoms with Gasteiger partial charge in [-0.05, 0) is 51.5 Å². The third kappa shape index (κ3) is 7.66. The summed E-state index contributed by atoms with van der Waals surface area (Å²) in [6, 6.07) is 1.96. The number of piperidine rings is 1. The number of rotatable bonds is 6. The summed E-state index contributed by atoms with van der Waals surface area (Å²) in [5, 5.41) is 10.1. The van der Waals surface area contributed by atoms with Gasteiger partial charge in [0.2, 0.25) is 11.8 Å². The highest BCUT2D eigenvalue weighted by Gasteiger charge is 2.33. The molecule has 10 nitrogen and oxygen atoms in total. The molecule has 33 heavy (non-hydrogen) atoms. The summed E-state index contributed by atoms with van der Waals surface area (Å²) in [7, 11) is 0. The average Bonchev–Trinajstić information content (AvgIpc) is 2.79. The number of carboxylic acid groups (broad SMARTS) is 1. The van der Waals surface area contributed by atoms with Crippen LogP contribution in [0.1, 0.15) is 50.4 Å². The van der Waals surface area contributed by atoms with Crippen LogP contribution in [0.25, 0.3) is 0 Å². The fraction of sp³-hybridized carbons (Fsp3) is 0.696. The molecule has 184 valence electrons. The normalized spacial score (nSPS) is 21.0. The summed E-state index contributed by atoms with van der Waals surface area (Å²) in [5.74, 6) is 0.468. The van der Waals surface area contributed by atoms with Crippen LogP contribution >= 0.6 is 0 Å². The third-order valence-corrected chi connectivity index (χ3v) is 6.43. The monoisotopic (exact) mass is 464 g/mol. The molecule has 0 aliphatic carbocycles. The number of carbonyl (C=O) groups excluding carboxylic acids is 2.